The molecular weight excluding hydrogens is 216 g/mol. The van der Waals surface area contributed by atoms with E-state index in [-0.39, 0.29) is 6.42 Å². The molecule has 1 rings (SSSR count). The molecule has 0 fully saturated rings. The summed E-state index contributed by atoms with van der Waals surface area (Å²) in [5.41, 5.74) is 2.14. The minimum Gasteiger partial charge on any atom is -0.481 e. The van der Waals surface area contributed by atoms with E-state index >= 15 is 0 Å². The monoisotopic (exact) mass is 236 g/mol. The lowest BCUT2D eigenvalue weighted by molar-refractivity contribution is -0.137. The molecule has 0 saturated carbocycles. The highest BCUT2D eigenvalue weighted by molar-refractivity contribution is 5.66. The number of aliphatic carboxylic acids is 1. The fourth-order valence-electron chi connectivity index (χ4n) is 1.81. The van der Waals surface area contributed by atoms with Gasteiger partial charge in [0.1, 0.15) is 0 Å². The highest BCUT2D eigenvalue weighted by atomic mass is 16.4. The summed E-state index contributed by atoms with van der Waals surface area (Å²) in [6.45, 7) is 2.13. The number of hydrogen-bond donors (Lipinski definition) is 2. The van der Waals surface area contributed by atoms with Crippen molar-refractivity contribution < 1.29 is 15.0 Å². The molecule has 0 radical (unpaired) electrons. The zero-order chi connectivity index (χ0) is 12.7. The highest BCUT2D eigenvalue weighted by Crippen LogP contribution is 2.19. The van der Waals surface area contributed by atoms with Crippen molar-refractivity contribution in [3.63, 3.8) is 0 Å². The topological polar surface area (TPSA) is 57.5 Å². The average molecular weight is 236 g/mol. The fourth-order valence-corrected chi connectivity index (χ4v) is 1.81. The maximum Gasteiger partial charge on any atom is 0.303 e. The summed E-state index contributed by atoms with van der Waals surface area (Å²) in [6, 6.07) is 7.91. The Balaban J connectivity index is 2.45. The molecule has 1 unspecified atom stereocenters. The van der Waals surface area contributed by atoms with Crippen LogP contribution in [0.5, 0.6) is 0 Å². The Morgan fingerprint density at radius 3 is 2.47 bits per heavy atom. The molecule has 0 spiro atoms. The van der Waals surface area contributed by atoms with Crippen LogP contribution >= 0.6 is 0 Å². The molecule has 0 amide bonds. The van der Waals surface area contributed by atoms with E-state index in [4.69, 9.17) is 5.11 Å². The largest absolute Gasteiger partial charge is 0.481 e. The third kappa shape index (κ3) is 5.00. The Hall–Kier alpha value is -1.35. The molecule has 0 aliphatic rings. The fraction of sp³-hybridized carbons (Fsp3) is 0.500. The van der Waals surface area contributed by atoms with Gasteiger partial charge in [0, 0.05) is 6.42 Å². The van der Waals surface area contributed by atoms with Crippen LogP contribution in [0.15, 0.2) is 24.3 Å². The van der Waals surface area contributed by atoms with Gasteiger partial charge in [-0.15, -0.1) is 0 Å². The van der Waals surface area contributed by atoms with Crippen LogP contribution in [-0.4, -0.2) is 16.2 Å². The second-order valence-electron chi connectivity index (χ2n) is 4.29. The van der Waals surface area contributed by atoms with Crippen LogP contribution in [0.4, 0.5) is 0 Å². The summed E-state index contributed by atoms with van der Waals surface area (Å²) in [4.78, 5) is 10.4. The van der Waals surface area contributed by atoms with E-state index in [0.29, 0.717) is 12.8 Å². The van der Waals surface area contributed by atoms with Crippen molar-refractivity contribution in [1.29, 1.82) is 0 Å². The molecule has 0 bridgehead atoms. The summed E-state index contributed by atoms with van der Waals surface area (Å²) < 4.78 is 0. The number of carbonyl (C=O) groups is 1. The van der Waals surface area contributed by atoms with E-state index < -0.39 is 12.1 Å². The average Bonchev–Trinajstić information content (AvgIpc) is 2.30. The van der Waals surface area contributed by atoms with Gasteiger partial charge in [-0.1, -0.05) is 37.6 Å². The van der Waals surface area contributed by atoms with Gasteiger partial charge < -0.3 is 10.2 Å². The molecular formula is C14H20O3. The molecule has 3 nitrogen and oxygen atoms in total. The van der Waals surface area contributed by atoms with Crippen molar-refractivity contribution in [3.05, 3.63) is 35.4 Å². The summed E-state index contributed by atoms with van der Waals surface area (Å²) in [5.74, 6) is -0.810. The van der Waals surface area contributed by atoms with Crippen molar-refractivity contribution in [2.24, 2.45) is 0 Å². The van der Waals surface area contributed by atoms with E-state index in [9.17, 15) is 9.90 Å². The number of rotatable bonds is 7. The van der Waals surface area contributed by atoms with Gasteiger partial charge in [-0.05, 0) is 30.4 Å². The number of benzene rings is 1. The first-order valence-corrected chi connectivity index (χ1v) is 6.12. The first-order chi connectivity index (χ1) is 8.13. The smallest absolute Gasteiger partial charge is 0.303 e. The molecule has 0 aliphatic heterocycles. The molecule has 0 saturated heterocycles. The molecule has 3 heteroatoms. The second kappa shape index (κ2) is 7.07. The summed E-state index contributed by atoms with van der Waals surface area (Å²) in [5, 5.41) is 18.4. The lowest BCUT2D eigenvalue weighted by Crippen LogP contribution is -2.00. The maximum atomic E-state index is 10.4. The molecule has 0 aromatic heterocycles. The van der Waals surface area contributed by atoms with Gasteiger partial charge in [-0.2, -0.15) is 0 Å². The quantitative estimate of drug-likeness (QED) is 0.765. The number of aliphatic hydroxyl groups excluding tert-OH is 1. The van der Waals surface area contributed by atoms with Gasteiger partial charge in [-0.3, -0.25) is 4.79 Å². The first kappa shape index (κ1) is 13.7. The van der Waals surface area contributed by atoms with Gasteiger partial charge in [0.05, 0.1) is 6.10 Å². The van der Waals surface area contributed by atoms with Crippen molar-refractivity contribution in [2.75, 3.05) is 0 Å². The maximum absolute atomic E-state index is 10.4. The van der Waals surface area contributed by atoms with Crippen LogP contribution < -0.4 is 0 Å². The summed E-state index contributed by atoms with van der Waals surface area (Å²) >= 11 is 0. The molecule has 1 aromatic rings. The SMILES string of the molecule is CCCc1ccc(C(O)CCCC(=O)O)cc1. The minimum atomic E-state index is -0.810. The molecule has 0 aliphatic carbocycles. The first-order valence-electron chi connectivity index (χ1n) is 6.12. The van der Waals surface area contributed by atoms with Crippen LogP contribution in [0, 0.1) is 0 Å². The predicted octanol–water partition coefficient (Wildman–Crippen LogP) is 2.93. The van der Waals surface area contributed by atoms with Crippen LogP contribution in [0.25, 0.3) is 0 Å². The molecule has 1 aromatic carbocycles. The second-order valence-corrected chi connectivity index (χ2v) is 4.29. The Bertz CT molecular complexity index is 343. The van der Waals surface area contributed by atoms with Crippen LogP contribution in [-0.2, 0) is 11.2 Å². The third-order valence-corrected chi connectivity index (χ3v) is 2.77. The Morgan fingerprint density at radius 1 is 1.29 bits per heavy atom. The predicted molar refractivity (Wildman–Crippen MR) is 66.9 cm³/mol. The number of aliphatic hydroxyl groups is 1. The molecule has 94 valence electrons. The summed E-state index contributed by atoms with van der Waals surface area (Å²) in [6.07, 6.45) is 2.73. The molecule has 0 heterocycles. The van der Waals surface area contributed by atoms with Gasteiger partial charge in [-0.25, -0.2) is 0 Å². The third-order valence-electron chi connectivity index (χ3n) is 2.77. The van der Waals surface area contributed by atoms with Crippen molar-refractivity contribution in [1.82, 2.24) is 0 Å². The number of carboxylic acids is 1. The van der Waals surface area contributed by atoms with Crippen LogP contribution in [0.3, 0.4) is 0 Å². The molecule has 2 N–H and O–H groups in total. The van der Waals surface area contributed by atoms with Gasteiger partial charge in [0.25, 0.3) is 0 Å². The number of carboxylic acid groups (broad SMARTS) is 1. The Kier molecular flexibility index (Phi) is 5.70. The van der Waals surface area contributed by atoms with Crippen LogP contribution in [0.1, 0.15) is 49.8 Å². The lowest BCUT2D eigenvalue weighted by atomic mass is 10.0. The Labute approximate surface area is 102 Å². The lowest BCUT2D eigenvalue weighted by Gasteiger charge is -2.10. The van der Waals surface area contributed by atoms with E-state index in [1.807, 2.05) is 24.3 Å². The van der Waals surface area contributed by atoms with Gasteiger partial charge in [0.2, 0.25) is 0 Å². The van der Waals surface area contributed by atoms with E-state index in [1.54, 1.807) is 0 Å². The number of hydrogen-bond acceptors (Lipinski definition) is 2. The normalized spacial score (nSPS) is 12.4. The Morgan fingerprint density at radius 2 is 1.94 bits per heavy atom. The molecule has 1 atom stereocenters. The van der Waals surface area contributed by atoms with E-state index in [0.717, 1.165) is 18.4 Å². The highest BCUT2D eigenvalue weighted by Gasteiger charge is 2.08. The number of aryl methyl sites for hydroxylation is 1. The minimum absolute atomic E-state index is 0.116. The summed E-state index contributed by atoms with van der Waals surface area (Å²) in [7, 11) is 0. The molecule has 17 heavy (non-hydrogen) atoms. The zero-order valence-electron chi connectivity index (χ0n) is 10.2. The van der Waals surface area contributed by atoms with Crippen molar-refractivity contribution in [3.8, 4) is 0 Å². The van der Waals surface area contributed by atoms with E-state index in [2.05, 4.69) is 6.92 Å². The van der Waals surface area contributed by atoms with Gasteiger partial charge in [0.15, 0.2) is 0 Å². The standard InChI is InChI=1S/C14H20O3/c1-2-4-11-7-9-12(10-8-11)13(15)5-3-6-14(16)17/h7-10,13,15H,2-6H2,1H3,(H,16,17). The van der Waals surface area contributed by atoms with Gasteiger partial charge >= 0.3 is 5.97 Å². The van der Waals surface area contributed by atoms with Crippen molar-refractivity contribution in [2.45, 2.75) is 45.1 Å². The zero-order valence-corrected chi connectivity index (χ0v) is 10.2. The van der Waals surface area contributed by atoms with Crippen LogP contribution in [0.2, 0.25) is 0 Å². The van der Waals surface area contributed by atoms with Crippen molar-refractivity contribution >= 4 is 5.97 Å². The van der Waals surface area contributed by atoms with E-state index in [1.165, 1.54) is 5.56 Å².